The first kappa shape index (κ1) is 22.0. The Morgan fingerprint density at radius 1 is 0.759 bits per heavy atom. The maximum absolute atomic E-state index is 11.2. The van der Waals surface area contributed by atoms with Crippen LogP contribution in [0.2, 0.25) is 0 Å². The van der Waals surface area contributed by atoms with Crippen LogP contribution in [0.4, 0.5) is 0 Å². The summed E-state index contributed by atoms with van der Waals surface area (Å²) in [6.07, 6.45) is 6.15. The van der Waals surface area contributed by atoms with Gasteiger partial charge in [-0.15, -0.1) is 0 Å². The molecule has 8 atom stereocenters. The maximum atomic E-state index is 11.2. The van der Waals surface area contributed by atoms with Crippen LogP contribution in [0.5, 0.6) is 0 Å². The molecule has 0 amide bonds. The summed E-state index contributed by atoms with van der Waals surface area (Å²) >= 11 is 0. The molecule has 168 valence electrons. The minimum Gasteiger partial charge on any atom is -0.726 e. The number of fused-ring (bicyclic) bond motifs is 5. The van der Waals surface area contributed by atoms with E-state index < -0.39 is 33.0 Å². The highest BCUT2D eigenvalue weighted by molar-refractivity contribution is 7.81. The molecule has 4 aliphatic carbocycles. The van der Waals surface area contributed by atoms with Crippen LogP contribution in [-0.4, -0.2) is 38.1 Å². The van der Waals surface area contributed by atoms with Gasteiger partial charge in [0.1, 0.15) is 0 Å². The zero-order valence-corrected chi connectivity index (χ0v) is 18.5. The molecule has 0 aromatic heterocycles. The van der Waals surface area contributed by atoms with E-state index >= 15 is 0 Å². The van der Waals surface area contributed by atoms with Gasteiger partial charge in [0, 0.05) is 0 Å². The van der Waals surface area contributed by atoms with Crippen molar-refractivity contribution in [2.45, 2.75) is 83.8 Å². The highest BCUT2D eigenvalue weighted by atomic mass is 32.3. The van der Waals surface area contributed by atoms with Crippen molar-refractivity contribution in [2.24, 2.45) is 34.5 Å². The fourth-order valence-corrected chi connectivity index (χ4v) is 8.83. The SMILES string of the molecule is C[C@]12CC[C@@H](OS(=O)(=O)[O-])C[C@@H]1CC[C@@H]1[C@@H]2CC[C@]2(C)[C@@H](OS(=O)(=O)[O-])CC[C@@H]12. The zero-order valence-electron chi connectivity index (χ0n) is 16.9. The summed E-state index contributed by atoms with van der Waals surface area (Å²) in [7, 11) is -9.40. The molecule has 0 aromatic rings. The van der Waals surface area contributed by atoms with E-state index in [0.717, 1.165) is 38.5 Å². The van der Waals surface area contributed by atoms with E-state index in [2.05, 4.69) is 13.8 Å². The second kappa shape index (κ2) is 7.13. The van der Waals surface area contributed by atoms with Gasteiger partial charge in [0.25, 0.3) is 0 Å². The van der Waals surface area contributed by atoms with Gasteiger partial charge in [-0.3, -0.25) is 8.37 Å². The average molecular weight is 451 g/mol. The van der Waals surface area contributed by atoms with E-state index in [4.69, 9.17) is 8.37 Å². The molecule has 0 bridgehead atoms. The fourth-order valence-electron chi connectivity index (χ4n) is 7.73. The summed E-state index contributed by atoms with van der Waals surface area (Å²) in [5.74, 6) is 1.59. The molecule has 0 heterocycles. The summed E-state index contributed by atoms with van der Waals surface area (Å²) < 4.78 is 76.3. The molecule has 29 heavy (non-hydrogen) atoms. The van der Waals surface area contributed by atoms with Crippen molar-refractivity contribution in [1.29, 1.82) is 0 Å². The fraction of sp³-hybridized carbons (Fsp3) is 1.00. The molecule has 10 heteroatoms. The summed E-state index contributed by atoms with van der Waals surface area (Å²) in [5.41, 5.74) is -0.223. The van der Waals surface area contributed by atoms with Gasteiger partial charge in [0.2, 0.25) is 20.8 Å². The highest BCUT2D eigenvalue weighted by Gasteiger charge is 2.61. The number of hydrogen-bond donors (Lipinski definition) is 0. The minimum atomic E-state index is -4.72. The van der Waals surface area contributed by atoms with Crippen LogP contribution in [0.15, 0.2) is 0 Å². The van der Waals surface area contributed by atoms with Gasteiger partial charge >= 0.3 is 0 Å². The summed E-state index contributed by atoms with van der Waals surface area (Å²) in [5, 5.41) is 0. The van der Waals surface area contributed by atoms with Crippen LogP contribution in [-0.2, 0) is 29.2 Å². The van der Waals surface area contributed by atoms with Crippen LogP contribution in [0, 0.1) is 34.5 Å². The maximum Gasteiger partial charge on any atom is 0.217 e. The largest absolute Gasteiger partial charge is 0.726 e. The normalized spacial score (nSPS) is 47.9. The third-order valence-electron chi connectivity index (χ3n) is 9.02. The standard InChI is InChI=1S/C19H32O8S2/c1-18-9-7-13(26-28(20,21)22)11-12(18)3-4-14-15-5-6-17(27-29(23,24)25)19(15,2)10-8-16(14)18/h12-17H,3-11H2,1-2H3,(H,20,21,22)(H,23,24,25)/p-2/t12-,13+,14-,15-,16-,17-,18-,19-/m0/s1. The Hall–Kier alpha value is -0.260. The van der Waals surface area contributed by atoms with Crippen LogP contribution < -0.4 is 0 Å². The van der Waals surface area contributed by atoms with E-state index in [-0.39, 0.29) is 10.8 Å². The predicted molar refractivity (Wildman–Crippen MR) is 101 cm³/mol. The lowest BCUT2D eigenvalue weighted by Crippen LogP contribution is -2.54. The van der Waals surface area contributed by atoms with Crippen molar-refractivity contribution in [3.8, 4) is 0 Å². The number of rotatable bonds is 4. The molecule has 4 fully saturated rings. The Kier molecular flexibility index (Phi) is 5.40. The third-order valence-corrected chi connectivity index (χ3v) is 9.99. The van der Waals surface area contributed by atoms with Crippen molar-refractivity contribution >= 4 is 20.8 Å². The van der Waals surface area contributed by atoms with Crippen molar-refractivity contribution in [3.05, 3.63) is 0 Å². The molecule has 0 aromatic carbocycles. The molecular formula is C19H30O8S2-2. The molecular weight excluding hydrogens is 420 g/mol. The van der Waals surface area contributed by atoms with E-state index in [1.807, 2.05) is 0 Å². The first-order valence-electron chi connectivity index (χ1n) is 10.6. The summed E-state index contributed by atoms with van der Waals surface area (Å²) in [4.78, 5) is 0. The van der Waals surface area contributed by atoms with Crippen LogP contribution in [0.1, 0.15) is 71.6 Å². The first-order chi connectivity index (χ1) is 13.3. The Bertz CT molecular complexity index is 855. The van der Waals surface area contributed by atoms with Gasteiger partial charge in [-0.2, -0.15) is 0 Å². The van der Waals surface area contributed by atoms with Gasteiger partial charge in [0.05, 0.1) is 12.2 Å². The van der Waals surface area contributed by atoms with Gasteiger partial charge < -0.3 is 9.11 Å². The molecule has 0 radical (unpaired) electrons. The summed E-state index contributed by atoms with van der Waals surface area (Å²) in [6.45, 7) is 4.37. The monoisotopic (exact) mass is 450 g/mol. The van der Waals surface area contributed by atoms with E-state index in [0.29, 0.717) is 42.9 Å². The van der Waals surface area contributed by atoms with Gasteiger partial charge in [-0.05, 0) is 92.3 Å². The molecule has 4 rings (SSSR count). The molecule has 4 saturated carbocycles. The van der Waals surface area contributed by atoms with Gasteiger partial charge in [-0.25, -0.2) is 16.8 Å². The van der Waals surface area contributed by atoms with Gasteiger partial charge in [-0.1, -0.05) is 13.8 Å². The molecule has 0 unspecified atom stereocenters. The second-order valence-corrected chi connectivity index (χ2v) is 12.2. The van der Waals surface area contributed by atoms with Crippen molar-refractivity contribution in [2.75, 3.05) is 0 Å². The third kappa shape index (κ3) is 4.01. The molecule has 0 spiro atoms. The minimum absolute atomic E-state index is 0.0697. The zero-order chi connectivity index (χ0) is 21.2. The van der Waals surface area contributed by atoms with Crippen LogP contribution in [0.25, 0.3) is 0 Å². The van der Waals surface area contributed by atoms with Crippen LogP contribution in [0.3, 0.4) is 0 Å². The lowest BCUT2D eigenvalue weighted by Gasteiger charge is -2.61. The number of hydrogen-bond acceptors (Lipinski definition) is 8. The molecule has 8 nitrogen and oxygen atoms in total. The average Bonchev–Trinajstić information content (AvgIpc) is 2.89. The molecule has 4 aliphatic rings. The van der Waals surface area contributed by atoms with E-state index in [1.165, 1.54) is 0 Å². The van der Waals surface area contributed by atoms with E-state index in [1.54, 1.807) is 0 Å². The van der Waals surface area contributed by atoms with Crippen molar-refractivity contribution in [1.82, 2.24) is 0 Å². The Morgan fingerprint density at radius 2 is 1.38 bits per heavy atom. The first-order valence-corrected chi connectivity index (χ1v) is 13.3. The Labute approximate surface area is 173 Å². The summed E-state index contributed by atoms with van der Waals surface area (Å²) in [6, 6.07) is 0. The van der Waals surface area contributed by atoms with Gasteiger partial charge in [0.15, 0.2) is 0 Å². The topological polar surface area (TPSA) is 133 Å². The Balaban J connectivity index is 1.51. The smallest absolute Gasteiger partial charge is 0.217 e. The second-order valence-electron chi connectivity index (χ2n) is 10.2. The highest BCUT2D eigenvalue weighted by Crippen LogP contribution is 2.66. The van der Waals surface area contributed by atoms with Crippen molar-refractivity contribution in [3.63, 3.8) is 0 Å². The molecule has 0 aliphatic heterocycles. The quantitative estimate of drug-likeness (QED) is 0.471. The molecule has 0 saturated heterocycles. The Morgan fingerprint density at radius 3 is 2.03 bits per heavy atom. The lowest BCUT2D eigenvalue weighted by molar-refractivity contribution is -0.129. The predicted octanol–water partition coefficient (Wildman–Crippen LogP) is 2.72. The lowest BCUT2D eigenvalue weighted by atomic mass is 9.45. The van der Waals surface area contributed by atoms with Crippen molar-refractivity contribution < 1.29 is 34.3 Å². The van der Waals surface area contributed by atoms with E-state index in [9.17, 15) is 25.9 Å². The van der Waals surface area contributed by atoms with Crippen LogP contribution >= 0.6 is 0 Å². The molecule has 0 N–H and O–H groups in total.